The van der Waals surface area contributed by atoms with Crippen LogP contribution in [-0.2, 0) is 11.8 Å². The number of hydrogen-bond acceptors (Lipinski definition) is 3. The average molecular weight is 332 g/mol. The van der Waals surface area contributed by atoms with Gasteiger partial charge < -0.3 is 9.26 Å². The minimum absolute atomic E-state index is 0.111. The first-order chi connectivity index (χ1) is 9.42. The Balaban J connectivity index is 2.27. The molecule has 0 aliphatic rings. The number of benzene rings is 2. The molecular weight excluding hydrogens is 321 g/mol. The second kappa shape index (κ2) is 6.12. The largest absolute Gasteiger partial charge is 0.497 e. The molecule has 0 saturated carbocycles. The molecule has 0 amide bonds. The summed E-state index contributed by atoms with van der Waals surface area (Å²) in [5, 5.41) is 0.653. The molecule has 0 heterocycles. The first-order valence-electron chi connectivity index (χ1n) is 5.54. The minimum Gasteiger partial charge on any atom is -0.497 e. The Kier molecular flexibility index (Phi) is 4.68. The second-order valence-corrected chi connectivity index (χ2v) is 9.67. The average Bonchev–Trinajstić information content (AvgIpc) is 2.42. The van der Waals surface area contributed by atoms with Gasteiger partial charge in [-0.2, -0.15) is 0 Å². The van der Waals surface area contributed by atoms with E-state index in [9.17, 15) is 8.78 Å². The van der Waals surface area contributed by atoms with E-state index in [0.717, 1.165) is 12.1 Å². The van der Waals surface area contributed by atoms with Crippen LogP contribution in [0.25, 0.3) is 0 Å². The molecule has 2 rings (SSSR count). The molecule has 7 heteroatoms. The van der Waals surface area contributed by atoms with Gasteiger partial charge >= 0.3 is 0 Å². The number of thiol groups is 1. The Labute approximate surface area is 126 Å². The van der Waals surface area contributed by atoms with E-state index in [4.69, 9.17) is 21.1 Å². The first kappa shape index (κ1) is 15.3. The molecule has 0 spiro atoms. The zero-order valence-electron chi connectivity index (χ0n) is 10.4. The Morgan fingerprint density at radius 3 is 2.30 bits per heavy atom. The number of halogens is 2. The van der Waals surface area contributed by atoms with E-state index in [-0.39, 0.29) is 5.75 Å². The lowest BCUT2D eigenvalue weighted by Crippen LogP contribution is -2.05. The summed E-state index contributed by atoms with van der Waals surface area (Å²) >= 11 is 9.64. The van der Waals surface area contributed by atoms with Crippen LogP contribution in [0.15, 0.2) is 42.5 Å². The van der Waals surface area contributed by atoms with Gasteiger partial charge in [-0.25, -0.2) is 8.78 Å². The third kappa shape index (κ3) is 3.51. The second-order valence-electron chi connectivity index (χ2n) is 3.88. The summed E-state index contributed by atoms with van der Waals surface area (Å²) < 4.78 is 36.9. The van der Waals surface area contributed by atoms with Crippen molar-refractivity contribution in [3.63, 3.8) is 0 Å². The fourth-order valence-electron chi connectivity index (χ4n) is 1.51. The maximum atomic E-state index is 13.6. The lowest BCUT2D eigenvalue weighted by molar-refractivity contribution is 0.415. The van der Waals surface area contributed by atoms with E-state index in [0.29, 0.717) is 11.1 Å². The van der Waals surface area contributed by atoms with Crippen LogP contribution in [0.2, 0.25) is 0 Å². The number of rotatable bonds is 4. The van der Waals surface area contributed by atoms with Crippen molar-refractivity contribution in [3.05, 3.63) is 54.1 Å². The van der Waals surface area contributed by atoms with Crippen molar-refractivity contribution in [2.45, 2.75) is 0 Å². The molecule has 2 nitrogen and oxygen atoms in total. The molecule has 106 valence electrons. The highest BCUT2D eigenvalue weighted by atomic mass is 32.9. The molecular formula is C13H11F2O2PS2. The van der Waals surface area contributed by atoms with Crippen LogP contribution in [0.5, 0.6) is 11.5 Å². The lowest BCUT2D eigenvalue weighted by Gasteiger charge is -2.18. The summed E-state index contributed by atoms with van der Waals surface area (Å²) in [7, 11) is 1.55. The smallest absolute Gasteiger partial charge is 0.193 e. The molecule has 1 unspecified atom stereocenters. The fraction of sp³-hybridized carbons (Fsp3) is 0.0769. The molecule has 0 radical (unpaired) electrons. The van der Waals surface area contributed by atoms with Crippen LogP contribution in [-0.4, -0.2) is 7.11 Å². The van der Waals surface area contributed by atoms with Crippen molar-refractivity contribution in [2.75, 3.05) is 7.11 Å². The summed E-state index contributed by atoms with van der Waals surface area (Å²) in [5.74, 6) is -0.917. The van der Waals surface area contributed by atoms with Crippen LogP contribution in [0, 0.1) is 11.6 Å². The fourth-order valence-corrected chi connectivity index (χ4v) is 3.82. The van der Waals surface area contributed by atoms with Gasteiger partial charge in [-0.1, -0.05) is 12.2 Å². The highest BCUT2D eigenvalue weighted by Crippen LogP contribution is 2.51. The van der Waals surface area contributed by atoms with E-state index in [1.54, 1.807) is 31.4 Å². The van der Waals surface area contributed by atoms with E-state index >= 15 is 0 Å². The van der Waals surface area contributed by atoms with E-state index in [1.807, 2.05) is 0 Å². The van der Waals surface area contributed by atoms with Gasteiger partial charge in [-0.15, -0.1) is 0 Å². The van der Waals surface area contributed by atoms with Crippen molar-refractivity contribution in [1.29, 1.82) is 0 Å². The van der Waals surface area contributed by atoms with Crippen LogP contribution in [0.1, 0.15) is 0 Å². The van der Waals surface area contributed by atoms with Crippen LogP contribution in [0.4, 0.5) is 8.78 Å². The Morgan fingerprint density at radius 2 is 1.75 bits per heavy atom. The molecule has 2 aromatic carbocycles. The summed E-state index contributed by atoms with van der Waals surface area (Å²) in [6.07, 6.45) is 0. The molecule has 0 N–H and O–H groups in total. The predicted octanol–water partition coefficient (Wildman–Crippen LogP) is 3.92. The first-order valence-corrected chi connectivity index (χ1v) is 9.42. The van der Waals surface area contributed by atoms with E-state index < -0.39 is 17.1 Å². The Bertz CT molecular complexity index is 662. The number of ether oxygens (including phenoxy) is 1. The third-order valence-corrected chi connectivity index (χ3v) is 5.70. The summed E-state index contributed by atoms with van der Waals surface area (Å²) in [5.41, 5.74) is -2.73. The van der Waals surface area contributed by atoms with Crippen molar-refractivity contribution in [1.82, 2.24) is 0 Å². The molecule has 20 heavy (non-hydrogen) atoms. The maximum absolute atomic E-state index is 13.6. The summed E-state index contributed by atoms with van der Waals surface area (Å²) in [6.45, 7) is 0. The van der Waals surface area contributed by atoms with E-state index in [1.165, 1.54) is 6.07 Å². The van der Waals surface area contributed by atoms with Gasteiger partial charge in [0.05, 0.1) is 7.11 Å². The quantitative estimate of drug-likeness (QED) is 0.676. The van der Waals surface area contributed by atoms with Gasteiger partial charge in [0.2, 0.25) is 0 Å². The van der Waals surface area contributed by atoms with E-state index in [2.05, 4.69) is 12.2 Å². The predicted molar refractivity (Wildman–Crippen MR) is 82.9 cm³/mol. The zero-order valence-corrected chi connectivity index (χ0v) is 13.0. The van der Waals surface area contributed by atoms with Gasteiger partial charge in [0.1, 0.15) is 11.6 Å². The monoisotopic (exact) mass is 332 g/mol. The van der Waals surface area contributed by atoms with Gasteiger partial charge in [0, 0.05) is 11.4 Å². The molecule has 1 atom stereocenters. The topological polar surface area (TPSA) is 18.5 Å². The maximum Gasteiger partial charge on any atom is 0.193 e. The molecule has 0 aliphatic carbocycles. The number of hydrogen-bond donors (Lipinski definition) is 1. The normalized spacial score (nSPS) is 13.6. The summed E-state index contributed by atoms with van der Waals surface area (Å²) in [4.78, 5) is 0. The van der Waals surface area contributed by atoms with Crippen molar-refractivity contribution in [2.24, 2.45) is 0 Å². The molecule has 0 aromatic heterocycles. The zero-order chi connectivity index (χ0) is 14.8. The van der Waals surface area contributed by atoms with Crippen LogP contribution < -0.4 is 14.6 Å². The van der Waals surface area contributed by atoms with Crippen molar-refractivity contribution in [3.8, 4) is 11.5 Å². The standard InChI is InChI=1S/C13H11F2O2PS2/c1-16-10-3-5-11(6-4-10)18(19,20)17-13-7-2-9(14)8-12(13)15/h2-8H,1H3,(H,19,20). The van der Waals surface area contributed by atoms with Gasteiger partial charge in [0.25, 0.3) is 0 Å². The Hall–Kier alpha value is -1.10. The van der Waals surface area contributed by atoms with Crippen molar-refractivity contribution >= 4 is 34.8 Å². The number of methoxy groups -OCH3 is 1. The van der Waals surface area contributed by atoms with Gasteiger partial charge in [0.15, 0.2) is 17.0 Å². The highest BCUT2D eigenvalue weighted by molar-refractivity contribution is 8.64. The minimum atomic E-state index is -2.73. The highest BCUT2D eigenvalue weighted by Gasteiger charge is 2.19. The van der Waals surface area contributed by atoms with Gasteiger partial charge in [-0.05, 0) is 48.2 Å². The van der Waals surface area contributed by atoms with Crippen molar-refractivity contribution < 1.29 is 18.0 Å². The third-order valence-electron chi connectivity index (χ3n) is 2.51. The van der Waals surface area contributed by atoms with Crippen LogP contribution in [0.3, 0.4) is 0 Å². The molecule has 0 aliphatic heterocycles. The van der Waals surface area contributed by atoms with Crippen LogP contribution >= 0.6 is 17.7 Å². The molecule has 0 bridgehead atoms. The molecule has 2 aromatic rings. The van der Waals surface area contributed by atoms with Gasteiger partial charge in [-0.3, -0.25) is 0 Å². The summed E-state index contributed by atoms with van der Waals surface area (Å²) in [6, 6.07) is 9.92. The molecule has 0 fully saturated rings. The molecule has 0 saturated heterocycles. The lowest BCUT2D eigenvalue weighted by atomic mass is 10.3. The Morgan fingerprint density at radius 1 is 1.10 bits per heavy atom. The SMILES string of the molecule is COc1ccc(P(=S)(S)Oc2ccc(F)cc2F)cc1.